The predicted molar refractivity (Wildman–Crippen MR) is 115 cm³/mol. The molecule has 0 radical (unpaired) electrons. The fourth-order valence-corrected chi connectivity index (χ4v) is 2.76. The lowest BCUT2D eigenvalue weighted by atomic mass is 10.2. The molecule has 2 N–H and O–H groups in total. The van der Waals surface area contributed by atoms with E-state index in [0.29, 0.717) is 17.1 Å². The maximum absolute atomic E-state index is 14.0. The second kappa shape index (κ2) is 9.39. The number of rotatable bonds is 6. The van der Waals surface area contributed by atoms with Crippen molar-refractivity contribution in [1.29, 1.82) is 0 Å². The van der Waals surface area contributed by atoms with Gasteiger partial charge in [-0.15, -0.1) is 0 Å². The minimum atomic E-state index is -4.42. The van der Waals surface area contributed by atoms with Crippen molar-refractivity contribution in [2.24, 2.45) is 5.10 Å². The van der Waals surface area contributed by atoms with E-state index in [2.05, 4.69) is 35.8 Å². The minimum absolute atomic E-state index is 0.0337. The van der Waals surface area contributed by atoms with Gasteiger partial charge in [0.2, 0.25) is 5.95 Å². The molecule has 33 heavy (non-hydrogen) atoms. The summed E-state index contributed by atoms with van der Waals surface area (Å²) in [6.07, 6.45) is 0.965. The standard InChI is InChI=1S/C22H15F4N7/c23-18-13-29-21(32-20(18)19-6-1-2-9-27-19)33-30-12-16-7-8-17(11-28-16)31-15-5-3-4-14(10-15)22(24,25)26/h1-13,31H,(H,29,32,33)/b30-12+. The van der Waals surface area contributed by atoms with Gasteiger partial charge in [0.25, 0.3) is 0 Å². The van der Waals surface area contributed by atoms with Crippen molar-refractivity contribution in [3.63, 3.8) is 0 Å². The number of benzene rings is 1. The van der Waals surface area contributed by atoms with Gasteiger partial charge in [-0.25, -0.2) is 19.8 Å². The van der Waals surface area contributed by atoms with E-state index in [4.69, 9.17) is 0 Å². The average Bonchev–Trinajstić information content (AvgIpc) is 2.81. The molecule has 166 valence electrons. The normalized spacial score (nSPS) is 11.5. The van der Waals surface area contributed by atoms with Crippen molar-refractivity contribution in [3.8, 4) is 11.4 Å². The van der Waals surface area contributed by atoms with E-state index in [9.17, 15) is 17.6 Å². The molecule has 0 saturated heterocycles. The maximum Gasteiger partial charge on any atom is 0.416 e. The Bertz CT molecular complexity index is 1260. The van der Waals surface area contributed by atoms with Crippen molar-refractivity contribution in [2.45, 2.75) is 6.18 Å². The van der Waals surface area contributed by atoms with Crippen LogP contribution in [-0.2, 0) is 6.18 Å². The van der Waals surface area contributed by atoms with Gasteiger partial charge in [-0.3, -0.25) is 9.97 Å². The Hall–Kier alpha value is -4.41. The van der Waals surface area contributed by atoms with Crippen LogP contribution < -0.4 is 10.7 Å². The van der Waals surface area contributed by atoms with E-state index in [-0.39, 0.29) is 17.3 Å². The van der Waals surface area contributed by atoms with Gasteiger partial charge in [0.05, 0.1) is 41.2 Å². The van der Waals surface area contributed by atoms with Crippen molar-refractivity contribution in [1.82, 2.24) is 19.9 Å². The molecule has 0 atom stereocenters. The zero-order valence-corrected chi connectivity index (χ0v) is 16.8. The van der Waals surface area contributed by atoms with Crippen molar-refractivity contribution in [2.75, 3.05) is 10.7 Å². The highest BCUT2D eigenvalue weighted by atomic mass is 19.4. The van der Waals surface area contributed by atoms with E-state index >= 15 is 0 Å². The molecule has 0 aliphatic rings. The number of alkyl halides is 3. The lowest BCUT2D eigenvalue weighted by Crippen LogP contribution is -2.05. The Morgan fingerprint density at radius 2 is 1.76 bits per heavy atom. The van der Waals surface area contributed by atoms with Gasteiger partial charge in [0, 0.05) is 11.9 Å². The molecular formula is C22H15F4N7. The molecule has 0 fully saturated rings. The van der Waals surface area contributed by atoms with Gasteiger partial charge in [-0.05, 0) is 42.5 Å². The highest BCUT2D eigenvalue weighted by Gasteiger charge is 2.30. The van der Waals surface area contributed by atoms with Gasteiger partial charge < -0.3 is 5.32 Å². The summed E-state index contributed by atoms with van der Waals surface area (Å²) in [6, 6.07) is 13.2. The average molecular weight is 453 g/mol. The predicted octanol–water partition coefficient (Wildman–Crippen LogP) is 5.28. The third kappa shape index (κ3) is 5.64. The van der Waals surface area contributed by atoms with Crippen molar-refractivity contribution < 1.29 is 17.6 Å². The number of anilines is 3. The molecule has 0 spiro atoms. The molecule has 4 rings (SSSR count). The highest BCUT2D eigenvalue weighted by molar-refractivity contribution is 5.78. The summed E-state index contributed by atoms with van der Waals surface area (Å²) in [5.74, 6) is -0.551. The topological polar surface area (TPSA) is 88.0 Å². The number of nitrogens with one attached hydrogen (secondary N) is 2. The van der Waals surface area contributed by atoms with Crippen LogP contribution in [-0.4, -0.2) is 26.2 Å². The van der Waals surface area contributed by atoms with Crippen molar-refractivity contribution >= 4 is 23.5 Å². The second-order valence-electron chi connectivity index (χ2n) is 6.65. The summed E-state index contributed by atoms with van der Waals surface area (Å²) in [4.78, 5) is 16.1. The molecule has 0 aliphatic carbocycles. The third-order valence-electron chi connectivity index (χ3n) is 4.28. The first kappa shape index (κ1) is 21.8. The van der Waals surface area contributed by atoms with Gasteiger partial charge in [-0.2, -0.15) is 18.3 Å². The zero-order valence-electron chi connectivity index (χ0n) is 16.8. The molecule has 11 heteroatoms. The number of hydrazone groups is 1. The summed E-state index contributed by atoms with van der Waals surface area (Å²) in [5, 5.41) is 6.85. The molecular weight excluding hydrogens is 438 g/mol. The monoisotopic (exact) mass is 453 g/mol. The van der Waals surface area contributed by atoms with Crippen molar-refractivity contribution in [3.05, 3.63) is 90.3 Å². The molecule has 3 heterocycles. The minimum Gasteiger partial charge on any atom is -0.354 e. The SMILES string of the molecule is Fc1cnc(N/N=C/c2ccc(Nc3cccc(C(F)(F)F)c3)cn2)nc1-c1ccccn1. The first-order valence-electron chi connectivity index (χ1n) is 9.52. The summed E-state index contributed by atoms with van der Waals surface area (Å²) < 4.78 is 52.5. The maximum atomic E-state index is 14.0. The van der Waals surface area contributed by atoms with Crippen LogP contribution >= 0.6 is 0 Å². The van der Waals surface area contributed by atoms with Gasteiger partial charge >= 0.3 is 6.18 Å². The van der Waals surface area contributed by atoms with E-state index in [1.54, 1.807) is 30.3 Å². The lowest BCUT2D eigenvalue weighted by Gasteiger charge is -2.10. The van der Waals surface area contributed by atoms with Gasteiger partial charge in [-0.1, -0.05) is 12.1 Å². The zero-order chi connectivity index (χ0) is 23.3. The summed E-state index contributed by atoms with van der Waals surface area (Å²) >= 11 is 0. The van der Waals surface area contributed by atoms with Crippen LogP contribution in [0.15, 0.2) is 78.3 Å². The molecule has 0 saturated carbocycles. The van der Waals surface area contributed by atoms with Crippen LogP contribution in [0.4, 0.5) is 34.9 Å². The second-order valence-corrected chi connectivity index (χ2v) is 6.65. The van der Waals surface area contributed by atoms with Crippen LogP contribution in [0.3, 0.4) is 0 Å². The Morgan fingerprint density at radius 1 is 0.879 bits per heavy atom. The lowest BCUT2D eigenvalue weighted by molar-refractivity contribution is -0.137. The molecule has 7 nitrogen and oxygen atoms in total. The third-order valence-corrected chi connectivity index (χ3v) is 4.28. The molecule has 0 amide bonds. The van der Waals surface area contributed by atoms with Crippen LogP contribution in [0.2, 0.25) is 0 Å². The van der Waals surface area contributed by atoms with Gasteiger partial charge in [0.15, 0.2) is 5.82 Å². The van der Waals surface area contributed by atoms with Crippen LogP contribution in [0, 0.1) is 5.82 Å². The first-order valence-corrected chi connectivity index (χ1v) is 9.52. The summed E-state index contributed by atoms with van der Waals surface area (Å²) in [6.45, 7) is 0. The fraction of sp³-hybridized carbons (Fsp3) is 0.0455. The number of halogens is 4. The van der Waals surface area contributed by atoms with E-state index in [1.807, 2.05) is 0 Å². The van der Waals surface area contributed by atoms with Crippen LogP contribution in [0.1, 0.15) is 11.3 Å². The Labute approximate surface area is 185 Å². The van der Waals surface area contributed by atoms with E-state index in [1.165, 1.54) is 30.7 Å². The van der Waals surface area contributed by atoms with E-state index in [0.717, 1.165) is 18.3 Å². The van der Waals surface area contributed by atoms with Crippen LogP contribution in [0.5, 0.6) is 0 Å². The molecule has 0 bridgehead atoms. The quantitative estimate of drug-likeness (QED) is 0.235. The Balaban J connectivity index is 1.40. The van der Waals surface area contributed by atoms with E-state index < -0.39 is 17.6 Å². The molecule has 3 aromatic heterocycles. The van der Waals surface area contributed by atoms with Gasteiger partial charge in [0.1, 0.15) is 5.69 Å². The Morgan fingerprint density at radius 3 is 2.48 bits per heavy atom. The largest absolute Gasteiger partial charge is 0.416 e. The summed E-state index contributed by atoms with van der Waals surface area (Å²) in [7, 11) is 0. The number of nitrogens with zero attached hydrogens (tertiary/aromatic N) is 5. The highest BCUT2D eigenvalue weighted by Crippen LogP contribution is 2.31. The molecule has 1 aromatic carbocycles. The molecule has 0 unspecified atom stereocenters. The fourth-order valence-electron chi connectivity index (χ4n) is 2.76. The molecule has 0 aliphatic heterocycles. The number of hydrogen-bond acceptors (Lipinski definition) is 7. The van der Waals surface area contributed by atoms with Crippen LogP contribution in [0.25, 0.3) is 11.4 Å². The first-order chi connectivity index (χ1) is 15.9. The summed E-state index contributed by atoms with van der Waals surface area (Å²) in [5.41, 5.74) is 3.49. The number of pyridine rings is 2. The number of aromatic nitrogens is 4. The smallest absolute Gasteiger partial charge is 0.354 e. The Kier molecular flexibility index (Phi) is 6.20. The molecule has 4 aromatic rings. The number of hydrogen-bond donors (Lipinski definition) is 2.